The molecule has 130 valence electrons. The molecule has 0 spiro atoms. The van der Waals surface area contributed by atoms with Gasteiger partial charge in [0.25, 0.3) is 0 Å². The molecular weight excluding hydrogens is 298 g/mol. The molecule has 0 aliphatic carbocycles. The number of benzene rings is 2. The number of nitrogens with zero attached hydrogens (tertiary/aromatic N) is 1. The number of aliphatic hydroxyl groups is 1. The van der Waals surface area contributed by atoms with Crippen LogP contribution in [-0.2, 0) is 6.54 Å². The van der Waals surface area contributed by atoms with Crippen LogP contribution in [0, 0.1) is 20.8 Å². The molecule has 0 amide bonds. The predicted octanol–water partition coefficient (Wildman–Crippen LogP) is 3.63. The first-order valence-corrected chi connectivity index (χ1v) is 8.51. The molecule has 1 atom stereocenters. The van der Waals surface area contributed by atoms with Crippen molar-refractivity contribution in [2.45, 2.75) is 33.4 Å². The van der Waals surface area contributed by atoms with Gasteiger partial charge >= 0.3 is 0 Å². The van der Waals surface area contributed by atoms with Crippen molar-refractivity contribution in [3.05, 3.63) is 64.7 Å². The van der Waals surface area contributed by atoms with Crippen molar-refractivity contribution in [2.75, 3.05) is 27.2 Å². The van der Waals surface area contributed by atoms with E-state index in [1.54, 1.807) is 0 Å². The Hall–Kier alpha value is -1.84. The van der Waals surface area contributed by atoms with E-state index in [-0.39, 0.29) is 0 Å². The summed E-state index contributed by atoms with van der Waals surface area (Å²) in [7, 11) is 4.27. The molecule has 0 aliphatic rings. The summed E-state index contributed by atoms with van der Waals surface area (Å²) in [5.74, 6) is 0.896. The first-order valence-electron chi connectivity index (χ1n) is 8.51. The van der Waals surface area contributed by atoms with E-state index in [2.05, 4.69) is 71.3 Å². The molecule has 0 saturated heterocycles. The molecular formula is C21H30NO2+. The highest BCUT2D eigenvalue weighted by molar-refractivity contribution is 5.42. The number of quaternary nitrogens is 1. The van der Waals surface area contributed by atoms with Gasteiger partial charge in [0.15, 0.2) is 0 Å². The number of aryl methyl sites for hydroxylation is 3. The van der Waals surface area contributed by atoms with Crippen molar-refractivity contribution in [2.24, 2.45) is 0 Å². The monoisotopic (exact) mass is 328 g/mol. The number of aliphatic hydroxyl groups excluding tert-OH is 1. The second-order valence-corrected chi connectivity index (χ2v) is 7.45. The molecule has 3 heteroatoms. The zero-order valence-corrected chi connectivity index (χ0v) is 15.5. The third-order valence-corrected chi connectivity index (χ3v) is 4.18. The second kappa shape index (κ2) is 7.82. The maximum absolute atomic E-state index is 10.4. The summed E-state index contributed by atoms with van der Waals surface area (Å²) >= 11 is 0. The molecule has 0 radical (unpaired) electrons. The van der Waals surface area contributed by atoms with Crippen molar-refractivity contribution >= 4 is 0 Å². The van der Waals surface area contributed by atoms with Crippen LogP contribution in [0.2, 0.25) is 0 Å². The average Bonchev–Trinajstić information content (AvgIpc) is 2.45. The number of ether oxygens (including phenoxy) is 1. The van der Waals surface area contributed by atoms with Crippen LogP contribution >= 0.6 is 0 Å². The van der Waals surface area contributed by atoms with Gasteiger partial charge in [-0.25, -0.2) is 0 Å². The van der Waals surface area contributed by atoms with Gasteiger partial charge in [0.2, 0.25) is 0 Å². The molecule has 0 heterocycles. The number of likely N-dealkylation sites (N-methyl/N-ethyl adjacent to an activating group) is 1. The Kier molecular flexibility index (Phi) is 6.03. The van der Waals surface area contributed by atoms with Crippen molar-refractivity contribution in [1.82, 2.24) is 0 Å². The normalized spacial score (nSPS) is 12.9. The lowest BCUT2D eigenvalue weighted by Crippen LogP contribution is -2.46. The van der Waals surface area contributed by atoms with Gasteiger partial charge < -0.3 is 14.3 Å². The lowest BCUT2D eigenvalue weighted by molar-refractivity contribution is -0.906. The largest absolute Gasteiger partial charge is 0.490 e. The molecule has 3 nitrogen and oxygen atoms in total. The van der Waals surface area contributed by atoms with Gasteiger partial charge in [-0.1, -0.05) is 48.0 Å². The zero-order valence-electron chi connectivity index (χ0n) is 15.5. The Balaban J connectivity index is 1.92. The summed E-state index contributed by atoms with van der Waals surface area (Å²) in [5, 5.41) is 10.4. The van der Waals surface area contributed by atoms with Crippen LogP contribution in [-0.4, -0.2) is 42.9 Å². The van der Waals surface area contributed by atoms with Crippen LogP contribution in [0.25, 0.3) is 0 Å². The molecule has 2 aromatic rings. The second-order valence-electron chi connectivity index (χ2n) is 7.45. The fourth-order valence-corrected chi connectivity index (χ4v) is 3.34. The number of rotatable bonds is 7. The van der Waals surface area contributed by atoms with E-state index in [1.807, 2.05) is 6.07 Å². The highest BCUT2D eigenvalue weighted by atomic mass is 16.5. The van der Waals surface area contributed by atoms with E-state index in [1.165, 1.54) is 11.1 Å². The summed E-state index contributed by atoms with van der Waals surface area (Å²) in [5.41, 5.74) is 4.76. The molecule has 0 aliphatic heterocycles. The summed E-state index contributed by atoms with van der Waals surface area (Å²) in [6, 6.07) is 14.6. The Morgan fingerprint density at radius 2 is 1.58 bits per heavy atom. The van der Waals surface area contributed by atoms with Gasteiger partial charge in [0.05, 0.1) is 14.1 Å². The van der Waals surface area contributed by atoms with E-state index in [9.17, 15) is 5.11 Å². The van der Waals surface area contributed by atoms with Crippen molar-refractivity contribution in [1.29, 1.82) is 0 Å². The molecule has 0 aromatic heterocycles. The fraction of sp³-hybridized carbons (Fsp3) is 0.429. The van der Waals surface area contributed by atoms with Crippen molar-refractivity contribution in [3.8, 4) is 5.75 Å². The molecule has 2 rings (SSSR count). The summed E-state index contributed by atoms with van der Waals surface area (Å²) in [6.45, 7) is 8.05. The van der Waals surface area contributed by atoms with Crippen molar-refractivity contribution < 1.29 is 14.3 Å². The van der Waals surface area contributed by atoms with Gasteiger partial charge in [-0.05, 0) is 31.9 Å². The SMILES string of the molecule is Cc1cc(C)c(OCC(O)C[N+](C)(C)Cc2ccccc2)c(C)c1. The lowest BCUT2D eigenvalue weighted by Gasteiger charge is -2.32. The minimum absolute atomic E-state index is 0.321. The first kappa shape index (κ1) is 18.5. The van der Waals surface area contributed by atoms with Crippen molar-refractivity contribution in [3.63, 3.8) is 0 Å². The molecule has 1 N–H and O–H groups in total. The smallest absolute Gasteiger partial charge is 0.137 e. The van der Waals surface area contributed by atoms with Crippen LogP contribution in [0.4, 0.5) is 0 Å². The lowest BCUT2D eigenvalue weighted by atomic mass is 10.1. The summed E-state index contributed by atoms with van der Waals surface area (Å²) in [6.07, 6.45) is -0.496. The highest BCUT2D eigenvalue weighted by Gasteiger charge is 2.22. The third kappa shape index (κ3) is 5.36. The molecule has 0 fully saturated rings. The van der Waals surface area contributed by atoms with Gasteiger partial charge in [0.1, 0.15) is 31.5 Å². The standard InChI is InChI=1S/C21H30NO2/c1-16-11-17(2)21(18(3)12-16)24-15-20(23)14-22(4,5)13-19-9-7-6-8-10-19/h6-12,20,23H,13-15H2,1-5H3/q+1. The number of hydrogen-bond donors (Lipinski definition) is 1. The van der Waals surface area contributed by atoms with Gasteiger partial charge in [0, 0.05) is 5.56 Å². The Labute approximate surface area is 146 Å². The Morgan fingerprint density at radius 1 is 1.00 bits per heavy atom. The maximum atomic E-state index is 10.4. The van der Waals surface area contributed by atoms with E-state index < -0.39 is 6.10 Å². The van der Waals surface area contributed by atoms with E-state index in [0.29, 0.717) is 13.2 Å². The molecule has 2 aromatic carbocycles. The zero-order chi connectivity index (χ0) is 17.7. The topological polar surface area (TPSA) is 29.5 Å². The minimum atomic E-state index is -0.496. The van der Waals surface area contributed by atoms with Crippen LogP contribution in [0.5, 0.6) is 5.75 Å². The van der Waals surface area contributed by atoms with Crippen LogP contribution in [0.15, 0.2) is 42.5 Å². The van der Waals surface area contributed by atoms with E-state index in [0.717, 1.165) is 27.9 Å². The van der Waals surface area contributed by atoms with E-state index in [4.69, 9.17) is 4.74 Å². The third-order valence-electron chi connectivity index (χ3n) is 4.18. The molecule has 0 bridgehead atoms. The van der Waals surface area contributed by atoms with Crippen LogP contribution in [0.3, 0.4) is 0 Å². The molecule has 1 unspecified atom stereocenters. The van der Waals surface area contributed by atoms with E-state index >= 15 is 0 Å². The van der Waals surface area contributed by atoms with Gasteiger partial charge in [-0.3, -0.25) is 0 Å². The average molecular weight is 328 g/mol. The summed E-state index contributed by atoms with van der Waals surface area (Å²) < 4.78 is 6.64. The summed E-state index contributed by atoms with van der Waals surface area (Å²) in [4.78, 5) is 0. The Morgan fingerprint density at radius 3 is 2.17 bits per heavy atom. The fourth-order valence-electron chi connectivity index (χ4n) is 3.34. The number of hydrogen-bond acceptors (Lipinski definition) is 2. The molecule has 24 heavy (non-hydrogen) atoms. The maximum Gasteiger partial charge on any atom is 0.137 e. The predicted molar refractivity (Wildman–Crippen MR) is 99.3 cm³/mol. The highest BCUT2D eigenvalue weighted by Crippen LogP contribution is 2.24. The Bertz CT molecular complexity index is 642. The first-order chi connectivity index (χ1) is 11.3. The molecule has 0 saturated carbocycles. The quantitative estimate of drug-likeness (QED) is 0.787. The van der Waals surface area contributed by atoms with Crippen LogP contribution < -0.4 is 4.74 Å². The minimum Gasteiger partial charge on any atom is -0.490 e. The van der Waals surface area contributed by atoms with Gasteiger partial charge in [-0.2, -0.15) is 0 Å². The van der Waals surface area contributed by atoms with Gasteiger partial charge in [-0.15, -0.1) is 0 Å². The van der Waals surface area contributed by atoms with Crippen LogP contribution in [0.1, 0.15) is 22.3 Å².